The first-order valence-electron chi connectivity index (χ1n) is 8.74. The molecule has 0 amide bonds. The first-order valence-corrected chi connectivity index (χ1v) is 11.4. The van der Waals surface area contributed by atoms with E-state index in [0.29, 0.717) is 31.2 Å². The van der Waals surface area contributed by atoms with E-state index in [2.05, 4.69) is 30.9 Å². The van der Waals surface area contributed by atoms with E-state index in [1.165, 1.54) is 20.1 Å². The van der Waals surface area contributed by atoms with Crippen molar-refractivity contribution in [3.05, 3.63) is 52.5 Å². The molecule has 0 N–H and O–H groups in total. The topological polar surface area (TPSA) is 53.5 Å². The third-order valence-corrected chi connectivity index (χ3v) is 8.31. The van der Waals surface area contributed by atoms with E-state index in [4.69, 9.17) is 16.6 Å². The predicted octanol–water partition coefficient (Wildman–Crippen LogP) is 4.08. The van der Waals surface area contributed by atoms with Crippen molar-refractivity contribution < 1.29 is 8.42 Å². The number of benzene rings is 2. The van der Waals surface area contributed by atoms with E-state index in [0.717, 1.165) is 10.6 Å². The van der Waals surface area contributed by atoms with Crippen LogP contribution in [0.15, 0.2) is 41.3 Å². The third-order valence-electron chi connectivity index (χ3n) is 4.89. The Kier molecular flexibility index (Phi) is 4.88. The van der Waals surface area contributed by atoms with Crippen LogP contribution in [0.4, 0.5) is 5.13 Å². The van der Waals surface area contributed by atoms with Gasteiger partial charge in [0.15, 0.2) is 5.13 Å². The quantitative estimate of drug-likeness (QED) is 0.639. The van der Waals surface area contributed by atoms with Gasteiger partial charge in [0.05, 0.1) is 15.1 Å². The molecule has 142 valence electrons. The zero-order valence-electron chi connectivity index (χ0n) is 15.1. The first kappa shape index (κ1) is 18.7. The van der Waals surface area contributed by atoms with Crippen LogP contribution in [-0.4, -0.2) is 43.9 Å². The smallest absolute Gasteiger partial charge is 0.243 e. The molecule has 4 rings (SSSR count). The number of thiazole rings is 1. The van der Waals surface area contributed by atoms with Crippen molar-refractivity contribution in [2.45, 2.75) is 18.7 Å². The van der Waals surface area contributed by atoms with E-state index in [1.54, 1.807) is 35.6 Å². The van der Waals surface area contributed by atoms with Gasteiger partial charge in [-0.05, 0) is 49.2 Å². The van der Waals surface area contributed by atoms with E-state index in [9.17, 15) is 8.42 Å². The molecule has 2 heterocycles. The third kappa shape index (κ3) is 3.45. The lowest BCUT2D eigenvalue weighted by Gasteiger charge is -2.33. The van der Waals surface area contributed by atoms with Gasteiger partial charge in [-0.25, -0.2) is 13.4 Å². The van der Waals surface area contributed by atoms with Gasteiger partial charge in [0.2, 0.25) is 10.0 Å². The van der Waals surface area contributed by atoms with Gasteiger partial charge in [-0.1, -0.05) is 35.1 Å². The van der Waals surface area contributed by atoms with Crippen LogP contribution in [0.1, 0.15) is 11.1 Å². The summed E-state index contributed by atoms with van der Waals surface area (Å²) < 4.78 is 28.4. The van der Waals surface area contributed by atoms with E-state index >= 15 is 0 Å². The maximum atomic E-state index is 12.8. The van der Waals surface area contributed by atoms with Crippen molar-refractivity contribution in [2.75, 3.05) is 31.1 Å². The van der Waals surface area contributed by atoms with Gasteiger partial charge in [0, 0.05) is 31.2 Å². The van der Waals surface area contributed by atoms with Gasteiger partial charge in [0.1, 0.15) is 0 Å². The SMILES string of the molecule is Cc1ccc(C)c2sc(N3CCN(S(=O)(=O)c4ccc(Cl)cc4)CC3)nc12. The van der Waals surface area contributed by atoms with Gasteiger partial charge in [0.25, 0.3) is 0 Å². The zero-order valence-corrected chi connectivity index (χ0v) is 17.5. The fraction of sp³-hybridized carbons (Fsp3) is 0.316. The summed E-state index contributed by atoms with van der Waals surface area (Å²) in [5.74, 6) is 0. The maximum absolute atomic E-state index is 12.8. The average molecular weight is 422 g/mol. The lowest BCUT2D eigenvalue weighted by Crippen LogP contribution is -2.48. The highest BCUT2D eigenvalue weighted by molar-refractivity contribution is 7.89. The molecule has 0 radical (unpaired) electrons. The van der Waals surface area contributed by atoms with Crippen molar-refractivity contribution >= 4 is 48.3 Å². The number of rotatable bonds is 3. The highest BCUT2D eigenvalue weighted by atomic mass is 35.5. The Morgan fingerprint density at radius 2 is 1.59 bits per heavy atom. The Balaban J connectivity index is 1.53. The van der Waals surface area contributed by atoms with Crippen molar-refractivity contribution in [1.29, 1.82) is 0 Å². The Morgan fingerprint density at radius 1 is 0.963 bits per heavy atom. The Morgan fingerprint density at radius 3 is 2.22 bits per heavy atom. The number of fused-ring (bicyclic) bond motifs is 1. The zero-order chi connectivity index (χ0) is 19.2. The maximum Gasteiger partial charge on any atom is 0.243 e. The van der Waals surface area contributed by atoms with Gasteiger partial charge in [-0.3, -0.25) is 0 Å². The van der Waals surface area contributed by atoms with Crippen LogP contribution in [0, 0.1) is 13.8 Å². The minimum absolute atomic E-state index is 0.284. The predicted molar refractivity (Wildman–Crippen MR) is 112 cm³/mol. The standard InChI is InChI=1S/C19H20ClN3O2S2/c1-13-3-4-14(2)18-17(13)21-19(26-18)22-9-11-23(12-10-22)27(24,25)16-7-5-15(20)6-8-16/h3-8H,9-12H2,1-2H3. The monoisotopic (exact) mass is 421 g/mol. The summed E-state index contributed by atoms with van der Waals surface area (Å²) in [5, 5.41) is 1.49. The molecule has 0 saturated carbocycles. The number of hydrogen-bond acceptors (Lipinski definition) is 5. The first-order chi connectivity index (χ1) is 12.9. The fourth-order valence-electron chi connectivity index (χ4n) is 3.26. The molecule has 1 saturated heterocycles. The minimum atomic E-state index is -3.49. The number of halogens is 1. The van der Waals surface area contributed by atoms with Crippen molar-refractivity contribution in [2.24, 2.45) is 0 Å². The van der Waals surface area contributed by atoms with E-state index in [-0.39, 0.29) is 4.90 Å². The summed E-state index contributed by atoms with van der Waals surface area (Å²) >= 11 is 7.55. The van der Waals surface area contributed by atoms with Crippen LogP contribution >= 0.6 is 22.9 Å². The normalized spacial score (nSPS) is 16.2. The molecule has 0 spiro atoms. The summed E-state index contributed by atoms with van der Waals surface area (Å²) in [6.07, 6.45) is 0. The molecule has 3 aromatic rings. The molecule has 8 heteroatoms. The molecular weight excluding hydrogens is 402 g/mol. The Bertz CT molecular complexity index is 1050. The van der Waals surface area contributed by atoms with Gasteiger partial charge >= 0.3 is 0 Å². The van der Waals surface area contributed by atoms with Gasteiger partial charge < -0.3 is 4.90 Å². The summed E-state index contributed by atoms with van der Waals surface area (Å²) in [7, 11) is -3.49. The largest absolute Gasteiger partial charge is 0.345 e. The van der Waals surface area contributed by atoms with Crippen LogP contribution < -0.4 is 4.90 Å². The second kappa shape index (κ2) is 7.05. The Hall–Kier alpha value is -1.67. The summed E-state index contributed by atoms with van der Waals surface area (Å²) in [4.78, 5) is 7.28. The molecule has 1 fully saturated rings. The van der Waals surface area contributed by atoms with Gasteiger partial charge in [-0.15, -0.1) is 0 Å². The molecule has 2 aromatic carbocycles. The molecule has 0 atom stereocenters. The Labute approximate surface area is 168 Å². The molecule has 27 heavy (non-hydrogen) atoms. The van der Waals surface area contributed by atoms with E-state index in [1.807, 2.05) is 0 Å². The highest BCUT2D eigenvalue weighted by Crippen LogP contribution is 2.33. The number of piperazine rings is 1. The molecule has 0 aliphatic carbocycles. The summed E-state index contributed by atoms with van der Waals surface area (Å²) in [6.45, 7) is 6.31. The number of aromatic nitrogens is 1. The second-order valence-electron chi connectivity index (χ2n) is 6.72. The van der Waals surface area contributed by atoms with Crippen LogP contribution in [0.3, 0.4) is 0 Å². The second-order valence-corrected chi connectivity index (χ2v) is 10.1. The molecule has 1 aliphatic rings. The molecule has 0 bridgehead atoms. The van der Waals surface area contributed by atoms with E-state index < -0.39 is 10.0 Å². The van der Waals surface area contributed by atoms with Crippen LogP contribution in [0.5, 0.6) is 0 Å². The number of sulfonamides is 1. The van der Waals surface area contributed by atoms with Crippen LogP contribution in [0.2, 0.25) is 5.02 Å². The summed E-state index contributed by atoms with van der Waals surface area (Å²) in [6, 6.07) is 10.5. The number of anilines is 1. The fourth-order valence-corrected chi connectivity index (χ4v) is 5.97. The molecular formula is C19H20ClN3O2S2. The lowest BCUT2D eigenvalue weighted by molar-refractivity contribution is 0.385. The summed E-state index contributed by atoms with van der Waals surface area (Å²) in [5.41, 5.74) is 3.44. The molecule has 5 nitrogen and oxygen atoms in total. The molecule has 0 unspecified atom stereocenters. The average Bonchev–Trinajstić information content (AvgIpc) is 3.12. The van der Waals surface area contributed by atoms with Crippen molar-refractivity contribution in [3.8, 4) is 0 Å². The van der Waals surface area contributed by atoms with Crippen LogP contribution in [-0.2, 0) is 10.0 Å². The molecule has 1 aliphatic heterocycles. The van der Waals surface area contributed by atoms with Crippen molar-refractivity contribution in [1.82, 2.24) is 9.29 Å². The minimum Gasteiger partial charge on any atom is -0.345 e. The highest BCUT2D eigenvalue weighted by Gasteiger charge is 2.29. The van der Waals surface area contributed by atoms with Crippen LogP contribution in [0.25, 0.3) is 10.2 Å². The van der Waals surface area contributed by atoms with Gasteiger partial charge in [-0.2, -0.15) is 4.31 Å². The molecule has 1 aromatic heterocycles. The number of hydrogen-bond donors (Lipinski definition) is 0. The van der Waals surface area contributed by atoms with Crippen molar-refractivity contribution in [3.63, 3.8) is 0 Å². The number of aryl methyl sites for hydroxylation is 2. The number of nitrogens with zero attached hydrogens (tertiary/aromatic N) is 3. The lowest BCUT2D eigenvalue weighted by atomic mass is 10.1.